The molecule has 0 radical (unpaired) electrons. The van der Waals surface area contributed by atoms with Gasteiger partial charge in [0.15, 0.2) is 5.82 Å². The number of nitrogen functional groups attached to an aromatic ring is 1. The molecule has 0 aliphatic rings. The zero-order chi connectivity index (χ0) is 22.7. The highest BCUT2D eigenvalue weighted by Gasteiger charge is 2.18. The molecule has 0 aliphatic heterocycles. The van der Waals surface area contributed by atoms with Gasteiger partial charge in [0, 0.05) is 32.0 Å². The Balaban J connectivity index is 1.52. The molecular weight excluding hydrogens is 470 g/mol. The normalized spacial score (nSPS) is 12.2. The Morgan fingerprint density at radius 1 is 1.19 bits per heavy atom. The molecule has 3 aromatic heterocycles. The number of anilines is 1. The number of halogens is 1. The fourth-order valence-electron chi connectivity index (χ4n) is 3.64. The van der Waals surface area contributed by atoms with Gasteiger partial charge < -0.3 is 15.0 Å². The number of nitrogens with two attached hydrogens (primary N) is 1. The van der Waals surface area contributed by atoms with Crippen LogP contribution in [-0.4, -0.2) is 43.2 Å². The fourth-order valence-corrected chi connectivity index (χ4v) is 6.25. The van der Waals surface area contributed by atoms with Crippen molar-refractivity contribution < 1.29 is 13.2 Å². The molecular formula is C21H24ClN5O3S2. The van der Waals surface area contributed by atoms with Crippen LogP contribution in [0.5, 0.6) is 0 Å². The molecule has 4 rings (SSSR count). The van der Waals surface area contributed by atoms with Crippen molar-refractivity contribution in [1.82, 2.24) is 19.3 Å². The van der Waals surface area contributed by atoms with Gasteiger partial charge in [0.2, 0.25) is 10.0 Å². The Hall–Kier alpha value is -2.24. The third-order valence-electron chi connectivity index (χ3n) is 5.13. The number of hydrogen-bond acceptors (Lipinski definition) is 7. The van der Waals surface area contributed by atoms with Gasteiger partial charge in [0.1, 0.15) is 15.6 Å². The lowest BCUT2D eigenvalue weighted by atomic mass is 10.2. The minimum absolute atomic E-state index is 0.222. The van der Waals surface area contributed by atoms with E-state index in [1.165, 1.54) is 6.07 Å². The van der Waals surface area contributed by atoms with Crippen molar-refractivity contribution in [3.8, 4) is 0 Å². The third-order valence-corrected chi connectivity index (χ3v) is 8.32. The summed E-state index contributed by atoms with van der Waals surface area (Å²) in [6.45, 7) is 1.55. The smallest absolute Gasteiger partial charge is 0.250 e. The topological polar surface area (TPSA) is 112 Å². The van der Waals surface area contributed by atoms with Gasteiger partial charge in [-0.05, 0) is 31.0 Å². The summed E-state index contributed by atoms with van der Waals surface area (Å²) >= 11 is 6.90. The number of rotatable bonds is 10. The number of ether oxygens (including phenoxy) is 1. The monoisotopic (exact) mass is 493 g/mol. The van der Waals surface area contributed by atoms with E-state index in [2.05, 4.69) is 14.3 Å². The number of aryl methyl sites for hydroxylation is 1. The van der Waals surface area contributed by atoms with Gasteiger partial charge in [-0.2, -0.15) is 0 Å². The lowest BCUT2D eigenvalue weighted by Crippen LogP contribution is -2.24. The zero-order valence-corrected chi connectivity index (χ0v) is 19.9. The van der Waals surface area contributed by atoms with E-state index in [1.807, 2.05) is 24.3 Å². The van der Waals surface area contributed by atoms with Crippen molar-refractivity contribution in [2.24, 2.45) is 0 Å². The molecule has 0 unspecified atom stereocenters. The number of fused-ring (bicyclic) bond motifs is 3. The van der Waals surface area contributed by atoms with Crippen LogP contribution in [0.1, 0.15) is 18.7 Å². The number of unbranched alkanes of at least 4 members (excludes halogenated alkanes) is 1. The van der Waals surface area contributed by atoms with Gasteiger partial charge in [-0.15, -0.1) is 11.3 Å². The van der Waals surface area contributed by atoms with Crippen LogP contribution in [-0.2, 0) is 27.7 Å². The first kappa shape index (κ1) is 22.9. The first-order valence-corrected chi connectivity index (χ1v) is 12.9. The number of methoxy groups -OCH3 is 1. The number of nitrogens with zero attached hydrogens (tertiary/aromatic N) is 3. The number of thiophene rings is 1. The summed E-state index contributed by atoms with van der Waals surface area (Å²) in [6, 6.07) is 10.9. The van der Waals surface area contributed by atoms with Crippen molar-refractivity contribution in [3.63, 3.8) is 0 Å². The molecule has 3 heterocycles. The second-order valence-electron chi connectivity index (χ2n) is 7.30. The highest BCUT2D eigenvalue weighted by Crippen LogP contribution is 2.29. The van der Waals surface area contributed by atoms with Gasteiger partial charge in [0.25, 0.3) is 0 Å². The highest BCUT2D eigenvalue weighted by molar-refractivity contribution is 7.91. The van der Waals surface area contributed by atoms with Crippen LogP contribution in [0, 0.1) is 0 Å². The van der Waals surface area contributed by atoms with Crippen molar-refractivity contribution in [1.29, 1.82) is 0 Å². The van der Waals surface area contributed by atoms with Crippen LogP contribution in [0.2, 0.25) is 4.34 Å². The molecule has 0 saturated carbocycles. The molecule has 0 fully saturated rings. The molecule has 4 aromatic rings. The summed E-state index contributed by atoms with van der Waals surface area (Å²) in [4.78, 5) is 9.24. The van der Waals surface area contributed by atoms with Crippen molar-refractivity contribution in [3.05, 3.63) is 46.6 Å². The first-order valence-electron chi connectivity index (χ1n) is 10.2. The minimum atomic E-state index is -3.54. The van der Waals surface area contributed by atoms with Gasteiger partial charge in [-0.1, -0.05) is 29.8 Å². The average Bonchev–Trinajstić information content (AvgIpc) is 3.37. The van der Waals surface area contributed by atoms with Crippen LogP contribution in [0.25, 0.3) is 21.9 Å². The van der Waals surface area contributed by atoms with Gasteiger partial charge >= 0.3 is 0 Å². The van der Waals surface area contributed by atoms with Gasteiger partial charge in [-0.25, -0.2) is 23.1 Å². The molecule has 0 saturated heterocycles. The number of aromatic nitrogens is 3. The largest absolute Gasteiger partial charge is 0.384 e. The minimum Gasteiger partial charge on any atom is -0.384 e. The van der Waals surface area contributed by atoms with E-state index >= 15 is 0 Å². The summed E-state index contributed by atoms with van der Waals surface area (Å²) in [5, 5.41) is 0.989. The molecule has 0 amide bonds. The molecule has 170 valence electrons. The maximum absolute atomic E-state index is 12.4. The van der Waals surface area contributed by atoms with Gasteiger partial charge in [0.05, 0.1) is 22.0 Å². The lowest BCUT2D eigenvalue weighted by molar-refractivity contribution is 0.199. The first-order chi connectivity index (χ1) is 15.4. The molecule has 0 atom stereocenters. The van der Waals surface area contributed by atoms with Crippen LogP contribution in [0.15, 0.2) is 40.6 Å². The van der Waals surface area contributed by atoms with E-state index in [4.69, 9.17) is 27.1 Å². The number of benzene rings is 1. The fraction of sp³-hybridized carbons (Fsp3) is 0.333. The van der Waals surface area contributed by atoms with Crippen molar-refractivity contribution >= 4 is 60.7 Å². The molecule has 3 N–H and O–H groups in total. The van der Waals surface area contributed by atoms with Crippen LogP contribution >= 0.6 is 22.9 Å². The lowest BCUT2D eigenvalue weighted by Gasteiger charge is -2.11. The number of pyridine rings is 1. The summed E-state index contributed by atoms with van der Waals surface area (Å²) in [5.74, 6) is 1.28. The predicted molar refractivity (Wildman–Crippen MR) is 129 cm³/mol. The quantitative estimate of drug-likeness (QED) is 0.325. The summed E-state index contributed by atoms with van der Waals surface area (Å²) < 4.78 is 35.4. The Kier molecular flexibility index (Phi) is 6.96. The SMILES string of the molecule is COCCc1nc2c(N)nc3ccccc3c2n1CCCCNS(=O)(=O)c1ccc(Cl)s1. The van der Waals surface area contributed by atoms with E-state index in [-0.39, 0.29) is 4.21 Å². The van der Waals surface area contributed by atoms with Gasteiger partial charge in [-0.3, -0.25) is 0 Å². The maximum Gasteiger partial charge on any atom is 0.250 e. The third kappa shape index (κ3) is 4.74. The standard InChI is InChI=1S/C21H24ClN5O3S2/c1-30-13-10-17-26-19-20(14-6-2-3-7-15(14)25-21(19)23)27(17)12-5-4-11-24-32(28,29)18-9-8-16(22)31-18/h2-3,6-9,24H,4-5,10-13H2,1H3,(H2,23,25). The average molecular weight is 494 g/mol. The zero-order valence-electron chi connectivity index (χ0n) is 17.5. The Bertz CT molecular complexity index is 1350. The van der Waals surface area contributed by atoms with Crippen LogP contribution < -0.4 is 10.5 Å². The summed E-state index contributed by atoms with van der Waals surface area (Å²) in [5.41, 5.74) is 8.67. The molecule has 8 nitrogen and oxygen atoms in total. The van der Waals surface area contributed by atoms with E-state index in [0.29, 0.717) is 48.2 Å². The van der Waals surface area contributed by atoms with Crippen LogP contribution in [0.3, 0.4) is 0 Å². The van der Waals surface area contributed by atoms with E-state index < -0.39 is 10.0 Å². The number of nitrogens with one attached hydrogen (secondary N) is 1. The van der Waals surface area contributed by atoms with E-state index in [1.54, 1.807) is 13.2 Å². The van der Waals surface area contributed by atoms with Crippen molar-refractivity contribution in [2.75, 3.05) is 26.0 Å². The Morgan fingerprint density at radius 2 is 2.00 bits per heavy atom. The molecule has 0 aliphatic carbocycles. The van der Waals surface area contributed by atoms with Crippen molar-refractivity contribution in [2.45, 2.75) is 30.0 Å². The van der Waals surface area contributed by atoms with Crippen LogP contribution in [0.4, 0.5) is 5.82 Å². The molecule has 0 spiro atoms. The number of imidazole rings is 1. The van der Waals surface area contributed by atoms with E-state index in [9.17, 15) is 8.42 Å². The number of para-hydroxylation sites is 1. The Morgan fingerprint density at radius 3 is 2.75 bits per heavy atom. The van der Waals surface area contributed by atoms with E-state index in [0.717, 1.165) is 40.0 Å². The molecule has 32 heavy (non-hydrogen) atoms. The maximum atomic E-state index is 12.4. The second kappa shape index (κ2) is 9.72. The Labute approximate surface area is 195 Å². The summed E-state index contributed by atoms with van der Waals surface area (Å²) in [7, 11) is -1.88. The molecule has 1 aromatic carbocycles. The number of hydrogen-bond donors (Lipinski definition) is 2. The molecule has 0 bridgehead atoms. The molecule has 11 heteroatoms. The highest BCUT2D eigenvalue weighted by atomic mass is 35.5. The second-order valence-corrected chi connectivity index (χ2v) is 11.0. The summed E-state index contributed by atoms with van der Waals surface area (Å²) in [6.07, 6.45) is 2.07. The number of sulfonamides is 1. The predicted octanol–water partition coefficient (Wildman–Crippen LogP) is 3.83.